The first-order chi connectivity index (χ1) is 10.5. The number of benzene rings is 2. The number of aliphatic hydroxyl groups is 1. The second-order valence-corrected chi connectivity index (χ2v) is 5.40. The van der Waals surface area contributed by atoms with Gasteiger partial charge < -0.3 is 15.7 Å². The largest absolute Gasteiger partial charge is 0.386 e. The summed E-state index contributed by atoms with van der Waals surface area (Å²) in [5.41, 5.74) is 0.531. The van der Waals surface area contributed by atoms with Crippen molar-refractivity contribution in [2.24, 2.45) is 0 Å². The molecule has 0 aliphatic rings. The maximum atomic E-state index is 13.5. The van der Waals surface area contributed by atoms with Gasteiger partial charge in [-0.3, -0.25) is 0 Å². The second-order valence-electron chi connectivity index (χ2n) is 4.53. The zero-order chi connectivity index (χ0) is 16.1. The van der Waals surface area contributed by atoms with E-state index in [0.717, 1.165) is 0 Å². The Kier molecular flexibility index (Phi) is 5.60. The molecule has 0 bridgehead atoms. The molecule has 3 N–H and O–H groups in total. The van der Waals surface area contributed by atoms with Gasteiger partial charge in [-0.1, -0.05) is 41.4 Å². The predicted octanol–water partition coefficient (Wildman–Crippen LogP) is 3.99. The Labute approximate surface area is 136 Å². The van der Waals surface area contributed by atoms with E-state index in [1.54, 1.807) is 6.07 Å². The fourth-order valence-electron chi connectivity index (χ4n) is 1.85. The molecule has 4 nitrogen and oxygen atoms in total. The Bertz CT molecular complexity index is 662. The van der Waals surface area contributed by atoms with Crippen LogP contribution in [0.2, 0.25) is 10.0 Å². The molecule has 0 heterocycles. The van der Waals surface area contributed by atoms with Crippen molar-refractivity contribution in [3.63, 3.8) is 0 Å². The number of halogens is 3. The molecule has 0 saturated carbocycles. The van der Waals surface area contributed by atoms with Crippen molar-refractivity contribution in [3.05, 3.63) is 63.9 Å². The highest BCUT2D eigenvalue weighted by molar-refractivity contribution is 6.35. The van der Waals surface area contributed by atoms with E-state index in [1.165, 1.54) is 36.4 Å². The van der Waals surface area contributed by atoms with Crippen LogP contribution >= 0.6 is 23.2 Å². The van der Waals surface area contributed by atoms with Crippen molar-refractivity contribution < 1.29 is 14.3 Å². The fourth-order valence-corrected chi connectivity index (χ4v) is 2.37. The molecule has 1 atom stereocenters. The number of anilines is 1. The maximum Gasteiger partial charge on any atom is 0.319 e. The van der Waals surface area contributed by atoms with Crippen molar-refractivity contribution in [1.82, 2.24) is 5.32 Å². The van der Waals surface area contributed by atoms with Crippen LogP contribution in [-0.4, -0.2) is 17.7 Å². The number of hydrogen-bond donors (Lipinski definition) is 3. The first kappa shape index (κ1) is 16.5. The summed E-state index contributed by atoms with van der Waals surface area (Å²) in [6.07, 6.45) is -1.14. The molecular weight excluding hydrogens is 330 g/mol. The summed E-state index contributed by atoms with van der Waals surface area (Å²) in [6.45, 7) is -0.138. The lowest BCUT2D eigenvalue weighted by molar-refractivity contribution is 0.170. The minimum atomic E-state index is -1.14. The number of nitrogens with one attached hydrogen (secondary N) is 2. The molecule has 0 aromatic heterocycles. The molecule has 0 unspecified atom stereocenters. The number of carbonyl (C=O) groups excluding carboxylic acids is 1. The van der Waals surface area contributed by atoms with Gasteiger partial charge in [0.2, 0.25) is 0 Å². The molecule has 116 valence electrons. The van der Waals surface area contributed by atoms with Crippen molar-refractivity contribution in [3.8, 4) is 0 Å². The predicted molar refractivity (Wildman–Crippen MR) is 84.8 cm³/mol. The van der Waals surface area contributed by atoms with Crippen LogP contribution in [0, 0.1) is 5.82 Å². The number of urea groups is 1. The Hall–Kier alpha value is -1.82. The highest BCUT2D eigenvalue weighted by atomic mass is 35.5. The van der Waals surface area contributed by atoms with E-state index >= 15 is 0 Å². The van der Waals surface area contributed by atoms with Gasteiger partial charge in [-0.25, -0.2) is 9.18 Å². The van der Waals surface area contributed by atoms with Crippen LogP contribution in [0.4, 0.5) is 14.9 Å². The molecule has 0 aliphatic carbocycles. The molecule has 2 aromatic carbocycles. The van der Waals surface area contributed by atoms with Gasteiger partial charge in [-0.05, 0) is 24.3 Å². The van der Waals surface area contributed by atoms with Gasteiger partial charge in [0, 0.05) is 27.8 Å². The molecule has 2 rings (SSSR count). The molecule has 0 fully saturated rings. The van der Waals surface area contributed by atoms with Crippen molar-refractivity contribution in [2.45, 2.75) is 6.10 Å². The number of amides is 2. The zero-order valence-electron chi connectivity index (χ0n) is 11.3. The van der Waals surface area contributed by atoms with Crippen LogP contribution in [-0.2, 0) is 0 Å². The lowest BCUT2D eigenvalue weighted by Gasteiger charge is -2.13. The van der Waals surface area contributed by atoms with E-state index < -0.39 is 18.0 Å². The van der Waals surface area contributed by atoms with Gasteiger partial charge in [0.15, 0.2) is 0 Å². The Balaban J connectivity index is 1.91. The minimum absolute atomic E-state index is 0.119. The number of hydrogen-bond acceptors (Lipinski definition) is 2. The molecule has 0 spiro atoms. The van der Waals surface area contributed by atoms with Gasteiger partial charge in [0.05, 0.1) is 6.10 Å². The standard InChI is InChI=1S/C15H13Cl2FN2O2/c16-9-5-10(17)7-11(6-9)20-15(22)19-8-14(21)12-3-1-2-4-13(12)18/h1-7,14,21H,8H2,(H2,19,20,22)/t14-/m1/s1. The molecule has 22 heavy (non-hydrogen) atoms. The van der Waals surface area contributed by atoms with E-state index in [9.17, 15) is 14.3 Å². The van der Waals surface area contributed by atoms with Crippen LogP contribution in [0.3, 0.4) is 0 Å². The number of carbonyl (C=O) groups is 1. The highest BCUT2D eigenvalue weighted by Crippen LogP contribution is 2.22. The molecule has 0 saturated heterocycles. The lowest BCUT2D eigenvalue weighted by atomic mass is 10.1. The Morgan fingerprint density at radius 3 is 2.45 bits per heavy atom. The van der Waals surface area contributed by atoms with Crippen LogP contribution < -0.4 is 10.6 Å². The summed E-state index contributed by atoms with van der Waals surface area (Å²) in [4.78, 5) is 11.7. The van der Waals surface area contributed by atoms with Gasteiger partial charge in [0.1, 0.15) is 5.82 Å². The van der Waals surface area contributed by atoms with Crippen molar-refractivity contribution in [1.29, 1.82) is 0 Å². The van der Waals surface area contributed by atoms with Gasteiger partial charge >= 0.3 is 6.03 Å². The molecule has 2 amide bonds. The van der Waals surface area contributed by atoms with E-state index in [0.29, 0.717) is 15.7 Å². The Morgan fingerprint density at radius 2 is 1.82 bits per heavy atom. The van der Waals surface area contributed by atoms with Gasteiger partial charge in [-0.2, -0.15) is 0 Å². The summed E-state index contributed by atoms with van der Waals surface area (Å²) >= 11 is 11.6. The molecule has 7 heteroatoms. The topological polar surface area (TPSA) is 61.4 Å². The highest BCUT2D eigenvalue weighted by Gasteiger charge is 2.13. The summed E-state index contributed by atoms with van der Waals surface area (Å²) in [5.74, 6) is -0.529. The third kappa shape index (κ3) is 4.59. The normalized spacial score (nSPS) is 11.8. The van der Waals surface area contributed by atoms with Gasteiger partial charge in [0.25, 0.3) is 0 Å². The van der Waals surface area contributed by atoms with Crippen LogP contribution in [0.25, 0.3) is 0 Å². The van der Waals surface area contributed by atoms with E-state index in [2.05, 4.69) is 10.6 Å². The summed E-state index contributed by atoms with van der Waals surface area (Å²) in [7, 11) is 0. The van der Waals surface area contributed by atoms with E-state index in [-0.39, 0.29) is 12.1 Å². The number of aliphatic hydroxyl groups excluding tert-OH is 1. The fraction of sp³-hybridized carbons (Fsp3) is 0.133. The maximum absolute atomic E-state index is 13.5. The summed E-state index contributed by atoms with van der Waals surface area (Å²) in [5, 5.41) is 15.6. The average molecular weight is 343 g/mol. The quantitative estimate of drug-likeness (QED) is 0.786. The molecule has 0 aliphatic heterocycles. The zero-order valence-corrected chi connectivity index (χ0v) is 12.8. The first-order valence-corrected chi connectivity index (χ1v) is 7.15. The van der Waals surface area contributed by atoms with Gasteiger partial charge in [-0.15, -0.1) is 0 Å². The smallest absolute Gasteiger partial charge is 0.319 e. The second kappa shape index (κ2) is 7.45. The van der Waals surface area contributed by atoms with E-state index in [1.807, 2.05) is 0 Å². The van der Waals surface area contributed by atoms with Crippen LogP contribution in [0.15, 0.2) is 42.5 Å². The van der Waals surface area contributed by atoms with Crippen LogP contribution in [0.5, 0.6) is 0 Å². The first-order valence-electron chi connectivity index (χ1n) is 6.39. The summed E-state index contributed by atoms with van der Waals surface area (Å²) < 4.78 is 13.5. The van der Waals surface area contributed by atoms with Crippen molar-refractivity contribution in [2.75, 3.05) is 11.9 Å². The van der Waals surface area contributed by atoms with E-state index in [4.69, 9.17) is 23.2 Å². The molecular formula is C15H13Cl2FN2O2. The van der Waals surface area contributed by atoms with Crippen molar-refractivity contribution >= 4 is 34.9 Å². The monoisotopic (exact) mass is 342 g/mol. The van der Waals surface area contributed by atoms with Crippen LogP contribution in [0.1, 0.15) is 11.7 Å². The molecule has 0 radical (unpaired) electrons. The minimum Gasteiger partial charge on any atom is -0.386 e. The average Bonchev–Trinajstić information content (AvgIpc) is 2.44. The Morgan fingerprint density at radius 1 is 1.18 bits per heavy atom. The number of rotatable bonds is 4. The molecule has 2 aromatic rings. The summed E-state index contributed by atoms with van der Waals surface area (Å²) in [6, 6.07) is 9.86. The third-order valence-corrected chi connectivity index (χ3v) is 3.28. The SMILES string of the molecule is O=C(NC[C@@H](O)c1ccccc1F)Nc1cc(Cl)cc(Cl)c1. The lowest BCUT2D eigenvalue weighted by Crippen LogP contribution is -2.32. The third-order valence-electron chi connectivity index (χ3n) is 2.84.